The van der Waals surface area contributed by atoms with Gasteiger partial charge in [-0.25, -0.2) is 13.8 Å². The molecular formula is C22H23F2N5. The maximum absolute atomic E-state index is 14.4. The number of aromatic nitrogens is 2. The molecule has 0 spiro atoms. The molecule has 2 aromatic carbocycles. The van der Waals surface area contributed by atoms with Gasteiger partial charge < -0.3 is 14.7 Å². The third-order valence-corrected chi connectivity index (χ3v) is 5.27. The van der Waals surface area contributed by atoms with Crippen LogP contribution in [0.4, 0.5) is 26.0 Å². The van der Waals surface area contributed by atoms with Gasteiger partial charge in [0.15, 0.2) is 0 Å². The molecule has 0 aliphatic carbocycles. The van der Waals surface area contributed by atoms with Crippen molar-refractivity contribution in [3.05, 3.63) is 78.3 Å². The van der Waals surface area contributed by atoms with Crippen LogP contribution in [0.2, 0.25) is 0 Å². The fraction of sp³-hybridized carbons (Fsp3) is 0.273. The van der Waals surface area contributed by atoms with Gasteiger partial charge in [0.25, 0.3) is 0 Å². The van der Waals surface area contributed by atoms with Crippen molar-refractivity contribution in [3.63, 3.8) is 0 Å². The molecule has 7 heteroatoms. The molecule has 5 nitrogen and oxygen atoms in total. The molecule has 1 aliphatic heterocycles. The minimum atomic E-state index is -0.569. The van der Waals surface area contributed by atoms with Crippen LogP contribution in [0.25, 0.3) is 0 Å². The number of hydrogen-bond donors (Lipinski definition) is 0. The molecule has 150 valence electrons. The van der Waals surface area contributed by atoms with Crippen molar-refractivity contribution in [3.8, 4) is 0 Å². The molecule has 1 aromatic heterocycles. The Morgan fingerprint density at radius 2 is 1.79 bits per heavy atom. The van der Waals surface area contributed by atoms with E-state index < -0.39 is 11.6 Å². The third-order valence-electron chi connectivity index (χ3n) is 5.27. The zero-order chi connectivity index (χ0) is 20.4. The van der Waals surface area contributed by atoms with Gasteiger partial charge in [0.05, 0.1) is 17.9 Å². The average molecular weight is 395 g/mol. The molecule has 4 rings (SSSR count). The molecular weight excluding hydrogens is 372 g/mol. The quantitative estimate of drug-likeness (QED) is 0.670. The topological polar surface area (TPSA) is 35.5 Å². The van der Waals surface area contributed by atoms with E-state index in [9.17, 15) is 8.78 Å². The van der Waals surface area contributed by atoms with Crippen LogP contribution in [0.15, 0.2) is 61.1 Å². The lowest BCUT2D eigenvalue weighted by Crippen LogP contribution is -2.49. The van der Waals surface area contributed by atoms with Crippen molar-refractivity contribution in [1.29, 1.82) is 0 Å². The van der Waals surface area contributed by atoms with Crippen molar-refractivity contribution in [2.24, 2.45) is 0 Å². The standard InChI is InChI=1S/C22H23F2N5/c1-27(2)18-6-3-16(4-7-18)21-15-28(20-8-5-17(23)13-19(20)24)11-12-29(21)22-14-25-9-10-26-22/h3-10,13-14,21H,11-12,15H2,1-2H3. The van der Waals surface area contributed by atoms with E-state index in [0.717, 1.165) is 23.1 Å². The van der Waals surface area contributed by atoms with Gasteiger partial charge in [-0.1, -0.05) is 12.1 Å². The molecule has 29 heavy (non-hydrogen) atoms. The van der Waals surface area contributed by atoms with Crippen LogP contribution in [0, 0.1) is 11.6 Å². The lowest BCUT2D eigenvalue weighted by Gasteiger charge is -2.43. The van der Waals surface area contributed by atoms with Crippen LogP contribution in [0.1, 0.15) is 11.6 Å². The van der Waals surface area contributed by atoms with Gasteiger partial charge in [-0.05, 0) is 29.8 Å². The Hall–Kier alpha value is -3.22. The zero-order valence-corrected chi connectivity index (χ0v) is 16.5. The summed E-state index contributed by atoms with van der Waals surface area (Å²) in [4.78, 5) is 14.9. The smallest absolute Gasteiger partial charge is 0.149 e. The van der Waals surface area contributed by atoms with Crippen molar-refractivity contribution < 1.29 is 8.78 Å². The third kappa shape index (κ3) is 3.99. The summed E-state index contributed by atoms with van der Waals surface area (Å²) in [6.07, 6.45) is 5.07. The van der Waals surface area contributed by atoms with E-state index in [1.807, 2.05) is 23.9 Å². The lowest BCUT2D eigenvalue weighted by atomic mass is 10.0. The largest absolute Gasteiger partial charge is 0.378 e. The van der Waals surface area contributed by atoms with E-state index in [2.05, 4.69) is 39.1 Å². The van der Waals surface area contributed by atoms with Crippen molar-refractivity contribution >= 4 is 17.2 Å². The van der Waals surface area contributed by atoms with Crippen LogP contribution in [0.3, 0.4) is 0 Å². The monoisotopic (exact) mass is 395 g/mol. The van der Waals surface area contributed by atoms with E-state index in [-0.39, 0.29) is 6.04 Å². The number of rotatable bonds is 4. The Balaban J connectivity index is 1.68. The number of nitrogens with zero attached hydrogens (tertiary/aromatic N) is 5. The molecule has 1 fully saturated rings. The molecule has 0 N–H and O–H groups in total. The van der Waals surface area contributed by atoms with Gasteiger partial charge in [0.1, 0.15) is 17.5 Å². The van der Waals surface area contributed by atoms with Gasteiger partial charge in [0.2, 0.25) is 0 Å². The molecule has 1 saturated heterocycles. The summed E-state index contributed by atoms with van der Waals surface area (Å²) in [5, 5.41) is 0. The van der Waals surface area contributed by atoms with Crippen LogP contribution in [-0.4, -0.2) is 43.7 Å². The summed E-state index contributed by atoms with van der Waals surface area (Å²) in [6.45, 7) is 1.81. The first kappa shape index (κ1) is 19.1. The number of hydrogen-bond acceptors (Lipinski definition) is 5. The molecule has 1 aliphatic rings. The Morgan fingerprint density at radius 1 is 1.00 bits per heavy atom. The second-order valence-electron chi connectivity index (χ2n) is 7.30. The molecule has 0 saturated carbocycles. The van der Waals surface area contributed by atoms with Crippen LogP contribution in [-0.2, 0) is 0 Å². The highest BCUT2D eigenvalue weighted by Crippen LogP contribution is 2.33. The van der Waals surface area contributed by atoms with E-state index in [0.29, 0.717) is 25.3 Å². The Labute approximate surface area is 169 Å². The Bertz CT molecular complexity index is 963. The summed E-state index contributed by atoms with van der Waals surface area (Å²) in [6, 6.07) is 12.0. The maximum atomic E-state index is 14.4. The average Bonchev–Trinajstić information content (AvgIpc) is 2.74. The summed E-state index contributed by atoms with van der Waals surface area (Å²) < 4.78 is 27.8. The van der Waals surface area contributed by atoms with Crippen LogP contribution in [0.5, 0.6) is 0 Å². The fourth-order valence-corrected chi connectivity index (χ4v) is 3.73. The second kappa shape index (κ2) is 8.03. The predicted octanol–water partition coefficient (Wildman–Crippen LogP) is 3.89. The minimum Gasteiger partial charge on any atom is -0.378 e. The van der Waals surface area contributed by atoms with Crippen LogP contribution >= 0.6 is 0 Å². The number of piperazine rings is 1. The van der Waals surface area contributed by atoms with Gasteiger partial charge in [-0.2, -0.15) is 0 Å². The number of benzene rings is 2. The minimum absolute atomic E-state index is 0.0406. The van der Waals surface area contributed by atoms with E-state index in [1.54, 1.807) is 18.6 Å². The first-order chi connectivity index (χ1) is 14.0. The molecule has 2 heterocycles. The fourth-order valence-electron chi connectivity index (χ4n) is 3.73. The second-order valence-corrected chi connectivity index (χ2v) is 7.30. The Kier molecular flexibility index (Phi) is 5.29. The first-order valence-electron chi connectivity index (χ1n) is 9.53. The maximum Gasteiger partial charge on any atom is 0.149 e. The van der Waals surface area contributed by atoms with Crippen LogP contribution < -0.4 is 14.7 Å². The van der Waals surface area contributed by atoms with Gasteiger partial charge >= 0.3 is 0 Å². The zero-order valence-electron chi connectivity index (χ0n) is 16.5. The van der Waals surface area contributed by atoms with Crippen molar-refractivity contribution in [2.75, 3.05) is 48.4 Å². The van der Waals surface area contributed by atoms with E-state index in [4.69, 9.17) is 0 Å². The SMILES string of the molecule is CN(C)c1ccc(C2CN(c3ccc(F)cc3F)CCN2c2cnccn2)cc1. The van der Waals surface area contributed by atoms with Gasteiger partial charge in [0, 0.05) is 57.9 Å². The highest BCUT2D eigenvalue weighted by atomic mass is 19.1. The lowest BCUT2D eigenvalue weighted by molar-refractivity contribution is 0.519. The normalized spacial score (nSPS) is 16.8. The number of anilines is 3. The first-order valence-corrected chi connectivity index (χ1v) is 9.53. The molecule has 3 aromatic rings. The van der Waals surface area contributed by atoms with E-state index in [1.165, 1.54) is 12.1 Å². The van der Waals surface area contributed by atoms with E-state index >= 15 is 0 Å². The van der Waals surface area contributed by atoms with Crippen molar-refractivity contribution in [2.45, 2.75) is 6.04 Å². The van der Waals surface area contributed by atoms with Gasteiger partial charge in [-0.3, -0.25) is 4.98 Å². The predicted molar refractivity (Wildman–Crippen MR) is 111 cm³/mol. The highest BCUT2D eigenvalue weighted by Gasteiger charge is 2.30. The molecule has 0 bridgehead atoms. The van der Waals surface area contributed by atoms with Gasteiger partial charge in [-0.15, -0.1) is 0 Å². The summed E-state index contributed by atoms with van der Waals surface area (Å²) in [5.74, 6) is -0.326. The molecule has 1 atom stereocenters. The molecule has 0 amide bonds. The summed E-state index contributed by atoms with van der Waals surface area (Å²) in [5.41, 5.74) is 2.63. The summed E-state index contributed by atoms with van der Waals surface area (Å²) >= 11 is 0. The van der Waals surface area contributed by atoms with Crippen molar-refractivity contribution in [1.82, 2.24) is 9.97 Å². The highest BCUT2D eigenvalue weighted by molar-refractivity contribution is 5.54. The summed E-state index contributed by atoms with van der Waals surface area (Å²) in [7, 11) is 4.00. The molecule has 1 unspecified atom stereocenters. The number of halogens is 2. The molecule has 0 radical (unpaired) electrons. The Morgan fingerprint density at radius 3 is 2.45 bits per heavy atom.